The molecule has 68 valence electrons. The fourth-order valence-electron chi connectivity index (χ4n) is 0.975. The van der Waals surface area contributed by atoms with Crippen molar-refractivity contribution in [1.82, 2.24) is 9.55 Å². The first-order valence-electron chi connectivity index (χ1n) is 4.07. The van der Waals surface area contributed by atoms with Gasteiger partial charge in [-0.25, -0.2) is 4.98 Å². The van der Waals surface area contributed by atoms with Gasteiger partial charge in [-0.15, -0.1) is 0 Å². The lowest BCUT2D eigenvalue weighted by atomic mass is 10.4. The molecule has 0 saturated heterocycles. The smallest absolute Gasteiger partial charge is 0.123 e. The summed E-state index contributed by atoms with van der Waals surface area (Å²) in [5, 5.41) is 8.69. The van der Waals surface area contributed by atoms with Crippen molar-refractivity contribution in [3.05, 3.63) is 18.2 Å². The predicted octanol–water partition coefficient (Wildman–Crippen LogP) is 0.412. The van der Waals surface area contributed by atoms with E-state index in [1.54, 1.807) is 6.20 Å². The number of hydrogen-bond donors (Lipinski definition) is 1. The van der Waals surface area contributed by atoms with Gasteiger partial charge in [-0.3, -0.25) is 0 Å². The summed E-state index contributed by atoms with van der Waals surface area (Å²) in [6, 6.07) is 0. The molecule has 0 saturated carbocycles. The van der Waals surface area contributed by atoms with Crippen LogP contribution in [-0.4, -0.2) is 27.9 Å². The Morgan fingerprint density at radius 1 is 1.67 bits per heavy atom. The van der Waals surface area contributed by atoms with E-state index in [9.17, 15) is 0 Å². The van der Waals surface area contributed by atoms with Crippen LogP contribution in [0.3, 0.4) is 0 Å². The molecule has 1 aromatic rings. The Labute approximate surface area is 71.8 Å². The monoisotopic (exact) mass is 170 g/mol. The highest BCUT2D eigenvalue weighted by atomic mass is 16.5. The van der Waals surface area contributed by atoms with E-state index in [1.165, 1.54) is 0 Å². The van der Waals surface area contributed by atoms with E-state index in [-0.39, 0.29) is 6.61 Å². The van der Waals surface area contributed by atoms with E-state index in [4.69, 9.17) is 9.84 Å². The standard InChI is InChI=1S/C8H14N2O2/c1-2-12-7-10-5-4-9-8(10)3-6-11/h4-5,11H,2-3,6-7H2,1H3. The van der Waals surface area contributed by atoms with E-state index in [0.29, 0.717) is 19.8 Å². The molecule has 4 heteroatoms. The fourth-order valence-corrected chi connectivity index (χ4v) is 0.975. The molecule has 0 amide bonds. The highest BCUT2D eigenvalue weighted by Crippen LogP contribution is 1.98. The second-order valence-electron chi connectivity index (χ2n) is 2.41. The quantitative estimate of drug-likeness (QED) is 0.696. The number of imidazole rings is 1. The second-order valence-corrected chi connectivity index (χ2v) is 2.41. The molecule has 0 radical (unpaired) electrons. The number of aliphatic hydroxyl groups excluding tert-OH is 1. The summed E-state index contributed by atoms with van der Waals surface area (Å²) in [5.41, 5.74) is 0. The summed E-state index contributed by atoms with van der Waals surface area (Å²) in [4.78, 5) is 4.08. The Bertz CT molecular complexity index is 223. The first kappa shape index (κ1) is 9.22. The van der Waals surface area contributed by atoms with Crippen LogP contribution in [0.1, 0.15) is 12.7 Å². The molecule has 12 heavy (non-hydrogen) atoms. The van der Waals surface area contributed by atoms with Crippen molar-refractivity contribution in [2.24, 2.45) is 0 Å². The van der Waals surface area contributed by atoms with Gasteiger partial charge in [-0.05, 0) is 6.92 Å². The van der Waals surface area contributed by atoms with Crippen molar-refractivity contribution in [3.63, 3.8) is 0 Å². The van der Waals surface area contributed by atoms with Crippen molar-refractivity contribution in [2.45, 2.75) is 20.1 Å². The Balaban J connectivity index is 2.51. The first-order valence-corrected chi connectivity index (χ1v) is 4.07. The first-order chi connectivity index (χ1) is 5.88. The highest BCUT2D eigenvalue weighted by Gasteiger charge is 2.00. The van der Waals surface area contributed by atoms with Crippen LogP contribution >= 0.6 is 0 Å². The Kier molecular flexibility index (Phi) is 3.76. The summed E-state index contributed by atoms with van der Waals surface area (Å²) >= 11 is 0. The van der Waals surface area contributed by atoms with Crippen molar-refractivity contribution in [1.29, 1.82) is 0 Å². The van der Waals surface area contributed by atoms with Crippen LogP contribution in [0.2, 0.25) is 0 Å². The minimum atomic E-state index is 0.128. The lowest BCUT2D eigenvalue weighted by Crippen LogP contribution is -2.07. The highest BCUT2D eigenvalue weighted by molar-refractivity contribution is 4.91. The maximum atomic E-state index is 8.69. The molecule has 1 heterocycles. The SMILES string of the molecule is CCOCn1ccnc1CCO. The molecular weight excluding hydrogens is 156 g/mol. The van der Waals surface area contributed by atoms with Gasteiger partial charge in [0.05, 0.1) is 6.61 Å². The third-order valence-corrected chi connectivity index (χ3v) is 1.57. The van der Waals surface area contributed by atoms with Crippen molar-refractivity contribution in [2.75, 3.05) is 13.2 Å². The molecule has 0 fully saturated rings. The molecule has 1 rings (SSSR count). The third kappa shape index (κ3) is 2.32. The van der Waals surface area contributed by atoms with E-state index in [1.807, 2.05) is 17.7 Å². The Hall–Kier alpha value is -0.870. The summed E-state index contributed by atoms with van der Waals surface area (Å²) in [6.45, 7) is 3.29. The molecule has 0 spiro atoms. The van der Waals surface area contributed by atoms with E-state index >= 15 is 0 Å². The van der Waals surface area contributed by atoms with Crippen LogP contribution in [-0.2, 0) is 17.9 Å². The zero-order chi connectivity index (χ0) is 8.81. The molecule has 0 aliphatic carbocycles. The summed E-state index contributed by atoms with van der Waals surface area (Å²) in [7, 11) is 0. The topological polar surface area (TPSA) is 47.3 Å². The van der Waals surface area contributed by atoms with Gasteiger partial charge in [0.25, 0.3) is 0 Å². The normalized spacial score (nSPS) is 10.5. The van der Waals surface area contributed by atoms with Gasteiger partial charge in [0, 0.05) is 25.4 Å². The number of aliphatic hydroxyl groups is 1. The van der Waals surface area contributed by atoms with Gasteiger partial charge in [-0.1, -0.05) is 0 Å². The Morgan fingerprint density at radius 3 is 3.17 bits per heavy atom. The average Bonchev–Trinajstić information content (AvgIpc) is 2.50. The largest absolute Gasteiger partial charge is 0.396 e. The van der Waals surface area contributed by atoms with Gasteiger partial charge >= 0.3 is 0 Å². The molecule has 4 nitrogen and oxygen atoms in total. The van der Waals surface area contributed by atoms with Gasteiger partial charge in [0.2, 0.25) is 0 Å². The van der Waals surface area contributed by atoms with Gasteiger partial charge in [0.15, 0.2) is 0 Å². The van der Waals surface area contributed by atoms with Gasteiger partial charge < -0.3 is 14.4 Å². The number of rotatable bonds is 5. The molecule has 0 unspecified atom stereocenters. The van der Waals surface area contributed by atoms with Gasteiger partial charge in [0.1, 0.15) is 12.6 Å². The molecular formula is C8H14N2O2. The van der Waals surface area contributed by atoms with E-state index in [0.717, 1.165) is 5.82 Å². The van der Waals surface area contributed by atoms with Crippen LogP contribution in [0, 0.1) is 0 Å². The predicted molar refractivity (Wildman–Crippen MR) is 44.6 cm³/mol. The van der Waals surface area contributed by atoms with Crippen molar-refractivity contribution in [3.8, 4) is 0 Å². The zero-order valence-corrected chi connectivity index (χ0v) is 7.23. The van der Waals surface area contributed by atoms with Gasteiger partial charge in [-0.2, -0.15) is 0 Å². The summed E-state index contributed by atoms with van der Waals surface area (Å²) in [5.74, 6) is 0.867. The molecule has 0 aliphatic heterocycles. The zero-order valence-electron chi connectivity index (χ0n) is 7.23. The summed E-state index contributed by atoms with van der Waals surface area (Å²) < 4.78 is 7.09. The number of aromatic nitrogens is 2. The van der Waals surface area contributed by atoms with E-state index in [2.05, 4.69) is 4.98 Å². The van der Waals surface area contributed by atoms with Crippen LogP contribution < -0.4 is 0 Å². The molecule has 1 aromatic heterocycles. The number of ether oxygens (including phenoxy) is 1. The van der Waals surface area contributed by atoms with Crippen molar-refractivity contribution >= 4 is 0 Å². The fraction of sp³-hybridized carbons (Fsp3) is 0.625. The maximum absolute atomic E-state index is 8.69. The molecule has 0 atom stereocenters. The Morgan fingerprint density at radius 2 is 2.50 bits per heavy atom. The maximum Gasteiger partial charge on any atom is 0.123 e. The molecule has 1 N–H and O–H groups in total. The van der Waals surface area contributed by atoms with Crippen LogP contribution in [0.4, 0.5) is 0 Å². The third-order valence-electron chi connectivity index (χ3n) is 1.57. The van der Waals surface area contributed by atoms with Crippen LogP contribution in [0.25, 0.3) is 0 Å². The van der Waals surface area contributed by atoms with E-state index < -0.39 is 0 Å². The minimum Gasteiger partial charge on any atom is -0.396 e. The lowest BCUT2D eigenvalue weighted by molar-refractivity contribution is 0.0852. The molecule has 0 bridgehead atoms. The van der Waals surface area contributed by atoms with Crippen molar-refractivity contribution < 1.29 is 9.84 Å². The van der Waals surface area contributed by atoms with Crippen LogP contribution in [0.5, 0.6) is 0 Å². The lowest BCUT2D eigenvalue weighted by Gasteiger charge is -2.05. The average molecular weight is 170 g/mol. The summed E-state index contributed by atoms with van der Waals surface area (Å²) in [6.07, 6.45) is 4.14. The second kappa shape index (κ2) is 4.90. The molecule has 0 aromatic carbocycles. The molecule has 0 aliphatic rings. The minimum absolute atomic E-state index is 0.128. The number of hydrogen-bond acceptors (Lipinski definition) is 3. The number of nitrogens with zero attached hydrogens (tertiary/aromatic N) is 2. The van der Waals surface area contributed by atoms with Crippen LogP contribution in [0.15, 0.2) is 12.4 Å².